The standard InChI is InChI=1S/C20H25N3O3S.HI/c1-3-21-19(23-13-20(2,25)18-9-6-10-26-18)22-12-15(24)17-11-14-7-4-5-8-16(14)27-17;/h4-11,15,24-25H,3,12-13H2,1-2H3,(H2,21,22,23);1H. The number of benzene rings is 1. The molecule has 2 aromatic heterocycles. The molecule has 0 saturated carbocycles. The van der Waals surface area contributed by atoms with Gasteiger partial charge in [0.1, 0.15) is 17.5 Å². The van der Waals surface area contributed by atoms with Gasteiger partial charge in [0.25, 0.3) is 0 Å². The highest BCUT2D eigenvalue weighted by Crippen LogP contribution is 2.29. The second kappa shape index (κ2) is 10.2. The third-order valence-electron chi connectivity index (χ3n) is 4.18. The van der Waals surface area contributed by atoms with Gasteiger partial charge in [0.05, 0.1) is 12.8 Å². The molecule has 0 bridgehead atoms. The third kappa shape index (κ3) is 5.69. The van der Waals surface area contributed by atoms with E-state index < -0.39 is 11.7 Å². The van der Waals surface area contributed by atoms with Gasteiger partial charge in [-0.15, -0.1) is 35.3 Å². The number of hydrogen-bond acceptors (Lipinski definition) is 5. The number of guanidine groups is 1. The van der Waals surface area contributed by atoms with Crippen molar-refractivity contribution < 1.29 is 14.6 Å². The Bertz CT molecular complexity index is 860. The maximum atomic E-state index is 10.5. The molecule has 3 rings (SSSR count). The molecular formula is C20H26IN3O3S. The lowest BCUT2D eigenvalue weighted by atomic mass is 10.0. The van der Waals surface area contributed by atoms with Gasteiger partial charge in [0.15, 0.2) is 5.96 Å². The van der Waals surface area contributed by atoms with Crippen molar-refractivity contribution in [1.82, 2.24) is 10.6 Å². The highest BCUT2D eigenvalue weighted by molar-refractivity contribution is 14.0. The first kappa shape index (κ1) is 22.7. The number of thiophene rings is 1. The van der Waals surface area contributed by atoms with E-state index in [1.165, 1.54) is 6.26 Å². The lowest BCUT2D eigenvalue weighted by Gasteiger charge is -2.20. The molecule has 8 heteroatoms. The van der Waals surface area contributed by atoms with Crippen LogP contribution in [0, 0.1) is 0 Å². The first-order valence-electron chi connectivity index (χ1n) is 8.94. The Morgan fingerprint density at radius 1 is 1.25 bits per heavy atom. The molecule has 2 heterocycles. The van der Waals surface area contributed by atoms with Crippen LogP contribution in [0.1, 0.15) is 30.6 Å². The number of halogens is 1. The monoisotopic (exact) mass is 515 g/mol. The molecule has 1 aromatic carbocycles. The number of nitrogens with zero attached hydrogens (tertiary/aromatic N) is 1. The number of rotatable bonds is 7. The van der Waals surface area contributed by atoms with Gasteiger partial charge < -0.3 is 25.3 Å². The SMILES string of the molecule is CCNC(=NCC(C)(O)c1ccco1)NCC(O)c1cc2ccccc2s1.I. The highest BCUT2D eigenvalue weighted by atomic mass is 127. The van der Waals surface area contributed by atoms with E-state index in [0.29, 0.717) is 24.8 Å². The summed E-state index contributed by atoms with van der Waals surface area (Å²) in [6.45, 7) is 4.75. The summed E-state index contributed by atoms with van der Waals surface area (Å²) in [5.74, 6) is 0.997. The molecule has 4 N–H and O–H groups in total. The summed E-state index contributed by atoms with van der Waals surface area (Å²) in [5.41, 5.74) is -1.20. The van der Waals surface area contributed by atoms with Crippen molar-refractivity contribution in [2.24, 2.45) is 4.99 Å². The van der Waals surface area contributed by atoms with Crippen molar-refractivity contribution in [2.75, 3.05) is 19.6 Å². The van der Waals surface area contributed by atoms with Crippen molar-refractivity contribution in [3.8, 4) is 0 Å². The minimum atomic E-state index is -1.20. The lowest BCUT2D eigenvalue weighted by molar-refractivity contribution is 0.0437. The van der Waals surface area contributed by atoms with Crippen LogP contribution in [0.15, 0.2) is 58.1 Å². The molecule has 3 aromatic rings. The van der Waals surface area contributed by atoms with Gasteiger partial charge in [0, 0.05) is 22.7 Å². The molecule has 0 amide bonds. The van der Waals surface area contributed by atoms with Gasteiger partial charge in [-0.3, -0.25) is 0 Å². The van der Waals surface area contributed by atoms with Gasteiger partial charge in [-0.25, -0.2) is 4.99 Å². The van der Waals surface area contributed by atoms with Crippen LogP contribution >= 0.6 is 35.3 Å². The summed E-state index contributed by atoms with van der Waals surface area (Å²) < 4.78 is 6.43. The van der Waals surface area contributed by atoms with E-state index in [2.05, 4.69) is 15.6 Å². The van der Waals surface area contributed by atoms with Gasteiger partial charge in [0.2, 0.25) is 0 Å². The number of fused-ring (bicyclic) bond motifs is 1. The fraction of sp³-hybridized carbons (Fsp3) is 0.350. The second-order valence-corrected chi connectivity index (χ2v) is 7.64. The molecule has 0 radical (unpaired) electrons. The Hall–Kier alpha value is -1.62. The Morgan fingerprint density at radius 2 is 2.04 bits per heavy atom. The van der Waals surface area contributed by atoms with E-state index in [0.717, 1.165) is 15.0 Å². The van der Waals surface area contributed by atoms with E-state index in [1.54, 1.807) is 30.4 Å². The number of aliphatic hydroxyl groups excluding tert-OH is 1. The topological polar surface area (TPSA) is 90.0 Å². The van der Waals surface area contributed by atoms with Gasteiger partial charge in [-0.1, -0.05) is 18.2 Å². The maximum absolute atomic E-state index is 10.5. The molecule has 0 aliphatic rings. The molecule has 0 saturated heterocycles. The van der Waals surface area contributed by atoms with Crippen LogP contribution in [0.4, 0.5) is 0 Å². The fourth-order valence-electron chi connectivity index (χ4n) is 2.70. The Morgan fingerprint density at radius 3 is 2.71 bits per heavy atom. The number of nitrogens with one attached hydrogen (secondary N) is 2. The minimum absolute atomic E-state index is 0. The van der Waals surface area contributed by atoms with Crippen molar-refractivity contribution in [3.05, 3.63) is 59.4 Å². The predicted octanol–water partition coefficient (Wildman–Crippen LogP) is 3.61. The molecule has 2 atom stereocenters. The molecule has 28 heavy (non-hydrogen) atoms. The Labute approximate surface area is 185 Å². The van der Waals surface area contributed by atoms with E-state index in [9.17, 15) is 10.2 Å². The normalized spacial score (nSPS) is 14.9. The summed E-state index contributed by atoms with van der Waals surface area (Å²) in [6, 6.07) is 13.5. The molecule has 2 unspecified atom stereocenters. The Kier molecular flexibility index (Phi) is 8.29. The lowest BCUT2D eigenvalue weighted by Crippen LogP contribution is -2.40. The average Bonchev–Trinajstić information content (AvgIpc) is 3.33. The molecule has 6 nitrogen and oxygen atoms in total. The zero-order chi connectivity index (χ0) is 19.3. The van der Waals surface area contributed by atoms with Crippen LogP contribution in [-0.2, 0) is 5.60 Å². The largest absolute Gasteiger partial charge is 0.466 e. The van der Waals surface area contributed by atoms with E-state index in [-0.39, 0.29) is 30.5 Å². The first-order valence-corrected chi connectivity index (χ1v) is 9.76. The fourth-order valence-corrected chi connectivity index (χ4v) is 3.75. The van der Waals surface area contributed by atoms with Crippen LogP contribution in [0.25, 0.3) is 10.1 Å². The van der Waals surface area contributed by atoms with E-state index in [4.69, 9.17) is 4.42 Å². The van der Waals surface area contributed by atoms with Gasteiger partial charge in [-0.05, 0) is 43.5 Å². The van der Waals surface area contributed by atoms with Crippen molar-refractivity contribution in [2.45, 2.75) is 25.6 Å². The van der Waals surface area contributed by atoms with Gasteiger partial charge >= 0.3 is 0 Å². The second-order valence-electron chi connectivity index (χ2n) is 6.53. The van der Waals surface area contributed by atoms with Gasteiger partial charge in [-0.2, -0.15) is 0 Å². The Balaban J connectivity index is 0.00000280. The first-order chi connectivity index (χ1) is 13.0. The number of furan rings is 1. The molecule has 0 aliphatic heterocycles. The van der Waals surface area contributed by atoms with Crippen molar-refractivity contribution in [3.63, 3.8) is 0 Å². The highest BCUT2D eigenvalue weighted by Gasteiger charge is 2.26. The summed E-state index contributed by atoms with van der Waals surface area (Å²) in [4.78, 5) is 5.33. The van der Waals surface area contributed by atoms with Crippen LogP contribution in [0.5, 0.6) is 0 Å². The van der Waals surface area contributed by atoms with Crippen molar-refractivity contribution >= 4 is 51.4 Å². The molecule has 0 spiro atoms. The van der Waals surface area contributed by atoms with Crippen LogP contribution < -0.4 is 10.6 Å². The summed E-state index contributed by atoms with van der Waals surface area (Å²) >= 11 is 1.58. The summed E-state index contributed by atoms with van der Waals surface area (Å²) in [5, 5.41) is 28.4. The smallest absolute Gasteiger partial charge is 0.191 e. The summed E-state index contributed by atoms with van der Waals surface area (Å²) in [7, 11) is 0. The third-order valence-corrected chi connectivity index (χ3v) is 5.39. The average molecular weight is 515 g/mol. The van der Waals surface area contributed by atoms with E-state index in [1.807, 2.05) is 37.3 Å². The zero-order valence-electron chi connectivity index (χ0n) is 15.9. The maximum Gasteiger partial charge on any atom is 0.191 e. The number of hydrogen-bond donors (Lipinski definition) is 4. The van der Waals surface area contributed by atoms with Crippen molar-refractivity contribution in [1.29, 1.82) is 0 Å². The molecular weight excluding hydrogens is 489 g/mol. The number of aliphatic hydroxyl groups is 2. The molecule has 152 valence electrons. The molecule has 0 fully saturated rings. The summed E-state index contributed by atoms with van der Waals surface area (Å²) in [6.07, 6.45) is 0.884. The van der Waals surface area contributed by atoms with Crippen LogP contribution in [-0.4, -0.2) is 35.8 Å². The minimum Gasteiger partial charge on any atom is -0.466 e. The quantitative estimate of drug-likeness (QED) is 0.219. The zero-order valence-corrected chi connectivity index (χ0v) is 19.0. The van der Waals surface area contributed by atoms with Crippen LogP contribution in [0.3, 0.4) is 0 Å². The van der Waals surface area contributed by atoms with Crippen LogP contribution in [0.2, 0.25) is 0 Å². The number of aliphatic imine (C=N–C) groups is 1. The van der Waals surface area contributed by atoms with E-state index >= 15 is 0 Å². The molecule has 0 aliphatic carbocycles. The predicted molar refractivity (Wildman–Crippen MR) is 124 cm³/mol.